The van der Waals surface area contributed by atoms with E-state index in [9.17, 15) is 4.79 Å². The van der Waals surface area contributed by atoms with E-state index < -0.39 is 5.97 Å². The van der Waals surface area contributed by atoms with Gasteiger partial charge in [-0.05, 0) is 48.5 Å². The van der Waals surface area contributed by atoms with Crippen molar-refractivity contribution in [3.63, 3.8) is 0 Å². The van der Waals surface area contributed by atoms with E-state index in [1.54, 1.807) is 36.4 Å². The monoisotopic (exact) mass is 414 g/mol. The molecular weight excluding hydrogens is 400 g/mol. The molecule has 3 rings (SSSR count). The van der Waals surface area contributed by atoms with E-state index >= 15 is 0 Å². The number of rotatable bonds is 5. The van der Waals surface area contributed by atoms with Crippen LogP contribution in [0.4, 0.5) is 17.2 Å². The lowest BCUT2D eigenvalue weighted by atomic mass is 10.2. The standard InChI is InChI=1S/C18H15BrN4O3/c1-25-18(24)11-2-6-13(7-3-11)23-16-15(20)17(22-10-21-16)26-14-8-4-12(19)5-9-14/h2-10H,20H2,1H3,(H,21,22,23). The van der Waals surface area contributed by atoms with Gasteiger partial charge in [0.1, 0.15) is 17.8 Å². The average Bonchev–Trinajstić information content (AvgIpc) is 2.66. The zero-order valence-electron chi connectivity index (χ0n) is 13.8. The van der Waals surface area contributed by atoms with Crippen LogP contribution >= 0.6 is 15.9 Å². The van der Waals surface area contributed by atoms with Crippen molar-refractivity contribution in [3.8, 4) is 11.6 Å². The summed E-state index contributed by atoms with van der Waals surface area (Å²) in [5.41, 5.74) is 7.54. The quantitative estimate of drug-likeness (QED) is 0.604. The number of ether oxygens (including phenoxy) is 2. The van der Waals surface area contributed by atoms with Gasteiger partial charge in [-0.2, -0.15) is 4.98 Å². The minimum Gasteiger partial charge on any atom is -0.465 e. The van der Waals surface area contributed by atoms with Crippen LogP contribution in [0, 0.1) is 0 Å². The van der Waals surface area contributed by atoms with Crippen LogP contribution in [-0.2, 0) is 4.74 Å². The number of carbonyl (C=O) groups excluding carboxylic acids is 1. The summed E-state index contributed by atoms with van der Waals surface area (Å²) in [5.74, 6) is 0.851. The van der Waals surface area contributed by atoms with Crippen molar-refractivity contribution in [2.24, 2.45) is 0 Å². The van der Waals surface area contributed by atoms with Gasteiger partial charge < -0.3 is 20.5 Å². The fourth-order valence-corrected chi connectivity index (χ4v) is 2.38. The summed E-state index contributed by atoms with van der Waals surface area (Å²) in [7, 11) is 1.34. The summed E-state index contributed by atoms with van der Waals surface area (Å²) in [5, 5.41) is 3.08. The molecule has 1 aromatic heterocycles. The van der Waals surface area contributed by atoms with E-state index in [4.69, 9.17) is 10.5 Å². The number of methoxy groups -OCH3 is 1. The van der Waals surface area contributed by atoms with Gasteiger partial charge in [0.05, 0.1) is 12.7 Å². The zero-order chi connectivity index (χ0) is 18.5. The number of carbonyl (C=O) groups is 1. The second kappa shape index (κ2) is 7.83. The molecule has 0 radical (unpaired) electrons. The van der Waals surface area contributed by atoms with Gasteiger partial charge in [-0.25, -0.2) is 9.78 Å². The average molecular weight is 415 g/mol. The van der Waals surface area contributed by atoms with Crippen molar-refractivity contribution < 1.29 is 14.3 Å². The third-order valence-electron chi connectivity index (χ3n) is 3.44. The van der Waals surface area contributed by atoms with E-state index in [0.29, 0.717) is 22.8 Å². The number of halogens is 1. The molecule has 3 aromatic rings. The molecule has 0 saturated heterocycles. The lowest BCUT2D eigenvalue weighted by Crippen LogP contribution is -2.04. The normalized spacial score (nSPS) is 10.2. The number of nitrogens with two attached hydrogens (primary N) is 1. The summed E-state index contributed by atoms with van der Waals surface area (Å²) in [4.78, 5) is 19.7. The molecule has 0 fully saturated rings. The highest BCUT2D eigenvalue weighted by atomic mass is 79.9. The number of anilines is 3. The van der Waals surface area contributed by atoms with Crippen molar-refractivity contribution in [2.75, 3.05) is 18.2 Å². The molecule has 0 aliphatic carbocycles. The van der Waals surface area contributed by atoms with E-state index in [0.717, 1.165) is 4.47 Å². The van der Waals surface area contributed by atoms with Crippen LogP contribution < -0.4 is 15.8 Å². The Labute approximate surface area is 158 Å². The second-order valence-electron chi connectivity index (χ2n) is 5.19. The summed E-state index contributed by atoms with van der Waals surface area (Å²) in [6, 6.07) is 14.0. The van der Waals surface area contributed by atoms with E-state index in [1.165, 1.54) is 13.4 Å². The number of nitrogens with zero attached hydrogens (tertiary/aromatic N) is 2. The lowest BCUT2D eigenvalue weighted by molar-refractivity contribution is 0.0601. The van der Waals surface area contributed by atoms with Gasteiger partial charge >= 0.3 is 5.97 Å². The van der Waals surface area contributed by atoms with Crippen LogP contribution in [-0.4, -0.2) is 23.0 Å². The molecule has 26 heavy (non-hydrogen) atoms. The third-order valence-corrected chi connectivity index (χ3v) is 3.97. The van der Waals surface area contributed by atoms with Crippen molar-refractivity contribution in [2.45, 2.75) is 0 Å². The maximum atomic E-state index is 11.5. The molecule has 0 saturated carbocycles. The van der Waals surface area contributed by atoms with Crippen LogP contribution in [0.2, 0.25) is 0 Å². The van der Waals surface area contributed by atoms with E-state index in [1.807, 2.05) is 12.1 Å². The van der Waals surface area contributed by atoms with Crippen molar-refractivity contribution >= 4 is 39.1 Å². The molecular formula is C18H15BrN4O3. The molecule has 3 N–H and O–H groups in total. The molecule has 0 aliphatic rings. The summed E-state index contributed by atoms with van der Waals surface area (Å²) in [6.45, 7) is 0. The highest BCUT2D eigenvalue weighted by Crippen LogP contribution is 2.31. The van der Waals surface area contributed by atoms with E-state index in [2.05, 4.69) is 36.0 Å². The summed E-state index contributed by atoms with van der Waals surface area (Å²) in [6.07, 6.45) is 1.36. The molecule has 0 spiro atoms. The Morgan fingerprint density at radius 2 is 1.77 bits per heavy atom. The smallest absolute Gasteiger partial charge is 0.337 e. The first-order chi connectivity index (χ1) is 12.6. The van der Waals surface area contributed by atoms with Gasteiger partial charge in [0.15, 0.2) is 5.82 Å². The van der Waals surface area contributed by atoms with Crippen LogP contribution in [0.3, 0.4) is 0 Å². The van der Waals surface area contributed by atoms with Crippen molar-refractivity contribution in [1.82, 2.24) is 9.97 Å². The fourth-order valence-electron chi connectivity index (χ4n) is 2.12. The number of esters is 1. The Hall–Kier alpha value is -3.13. The highest BCUT2D eigenvalue weighted by molar-refractivity contribution is 9.10. The number of aromatic nitrogens is 2. The van der Waals surface area contributed by atoms with E-state index in [-0.39, 0.29) is 11.6 Å². The number of hydrogen-bond donors (Lipinski definition) is 2. The van der Waals surface area contributed by atoms with Gasteiger partial charge in [0.25, 0.3) is 0 Å². The maximum Gasteiger partial charge on any atom is 0.337 e. The molecule has 7 nitrogen and oxygen atoms in total. The summed E-state index contributed by atoms with van der Waals surface area (Å²) < 4.78 is 11.3. The molecule has 2 aromatic carbocycles. The Bertz CT molecular complexity index is 915. The van der Waals surface area contributed by atoms with Crippen LogP contribution in [0.25, 0.3) is 0 Å². The van der Waals surface area contributed by atoms with Crippen LogP contribution in [0.1, 0.15) is 10.4 Å². The molecule has 0 amide bonds. The number of hydrogen-bond acceptors (Lipinski definition) is 7. The Balaban J connectivity index is 1.78. The Morgan fingerprint density at radius 3 is 2.42 bits per heavy atom. The molecule has 0 atom stereocenters. The molecule has 0 bridgehead atoms. The van der Waals surface area contributed by atoms with Crippen molar-refractivity contribution in [3.05, 3.63) is 64.9 Å². The molecule has 0 unspecified atom stereocenters. The molecule has 1 heterocycles. The third kappa shape index (κ3) is 4.09. The Kier molecular flexibility index (Phi) is 5.33. The topological polar surface area (TPSA) is 99.4 Å². The van der Waals surface area contributed by atoms with Gasteiger partial charge in [-0.15, -0.1) is 0 Å². The van der Waals surface area contributed by atoms with Gasteiger partial charge in [0.2, 0.25) is 5.88 Å². The van der Waals surface area contributed by atoms with Gasteiger partial charge in [-0.1, -0.05) is 15.9 Å². The van der Waals surface area contributed by atoms with Crippen LogP contribution in [0.5, 0.6) is 11.6 Å². The number of nitrogen functional groups attached to an aromatic ring is 1. The first-order valence-electron chi connectivity index (χ1n) is 7.56. The maximum absolute atomic E-state index is 11.5. The van der Waals surface area contributed by atoms with Crippen molar-refractivity contribution in [1.29, 1.82) is 0 Å². The summed E-state index contributed by atoms with van der Waals surface area (Å²) >= 11 is 3.37. The number of benzene rings is 2. The minimum absolute atomic E-state index is 0.246. The van der Waals surface area contributed by atoms with Gasteiger partial charge in [-0.3, -0.25) is 0 Å². The first-order valence-corrected chi connectivity index (χ1v) is 8.35. The largest absolute Gasteiger partial charge is 0.465 e. The first kappa shape index (κ1) is 17.7. The van der Waals surface area contributed by atoms with Crippen LogP contribution in [0.15, 0.2) is 59.3 Å². The molecule has 0 aliphatic heterocycles. The minimum atomic E-state index is -0.400. The fraction of sp³-hybridized carbons (Fsp3) is 0.0556. The molecule has 8 heteroatoms. The zero-order valence-corrected chi connectivity index (χ0v) is 15.4. The SMILES string of the molecule is COC(=O)c1ccc(Nc2ncnc(Oc3ccc(Br)cc3)c2N)cc1. The predicted molar refractivity (Wildman–Crippen MR) is 102 cm³/mol. The molecule has 132 valence electrons. The highest BCUT2D eigenvalue weighted by Gasteiger charge is 2.11. The predicted octanol–water partition coefficient (Wildman–Crippen LogP) is 4.14. The van der Waals surface area contributed by atoms with Gasteiger partial charge in [0, 0.05) is 10.2 Å². The second-order valence-corrected chi connectivity index (χ2v) is 6.11. The lowest BCUT2D eigenvalue weighted by Gasteiger charge is -2.12. The number of nitrogens with one attached hydrogen (secondary N) is 1. The Morgan fingerprint density at radius 1 is 1.08 bits per heavy atom.